The summed E-state index contributed by atoms with van der Waals surface area (Å²) >= 11 is 1.82. The van der Waals surface area contributed by atoms with Crippen LogP contribution in [0.15, 0.2) is 30.3 Å². The lowest BCUT2D eigenvalue weighted by atomic mass is 10.1. The molecule has 2 aromatic rings. The predicted octanol–water partition coefficient (Wildman–Crippen LogP) is 4.43. The highest BCUT2D eigenvalue weighted by atomic mass is 32.1. The van der Waals surface area contributed by atoms with Gasteiger partial charge in [0.05, 0.1) is 5.69 Å². The summed E-state index contributed by atoms with van der Waals surface area (Å²) in [6.07, 6.45) is 1.17. The largest absolute Gasteiger partial charge is 0.312 e. The van der Waals surface area contributed by atoms with Crippen LogP contribution in [0, 0.1) is 0 Å². The minimum atomic E-state index is 0.479. The van der Waals surface area contributed by atoms with Crippen LogP contribution in [-0.2, 0) is 6.54 Å². The van der Waals surface area contributed by atoms with Gasteiger partial charge in [0, 0.05) is 17.0 Å². The van der Waals surface area contributed by atoms with Crippen LogP contribution < -0.4 is 5.32 Å². The van der Waals surface area contributed by atoms with Gasteiger partial charge in [-0.15, -0.1) is 11.3 Å². The Balaban J connectivity index is 2.25. The van der Waals surface area contributed by atoms with Gasteiger partial charge in [-0.3, -0.25) is 0 Å². The maximum Gasteiger partial charge on any atom is 0.123 e. The van der Waals surface area contributed by atoms with Gasteiger partial charge in [0.1, 0.15) is 5.01 Å². The van der Waals surface area contributed by atoms with Gasteiger partial charge in [-0.1, -0.05) is 51.1 Å². The van der Waals surface area contributed by atoms with E-state index in [-0.39, 0.29) is 0 Å². The van der Waals surface area contributed by atoms with Gasteiger partial charge in [-0.2, -0.15) is 0 Å². The van der Waals surface area contributed by atoms with E-state index in [4.69, 9.17) is 4.98 Å². The van der Waals surface area contributed by atoms with Crippen molar-refractivity contribution in [3.63, 3.8) is 0 Å². The van der Waals surface area contributed by atoms with Crippen LogP contribution >= 0.6 is 11.3 Å². The highest BCUT2D eigenvalue weighted by molar-refractivity contribution is 7.15. The molecule has 1 heterocycles. The normalized spacial score (nSPS) is 11.2. The summed E-state index contributed by atoms with van der Waals surface area (Å²) in [5.74, 6) is 0.479. The van der Waals surface area contributed by atoms with Crippen molar-refractivity contribution in [2.24, 2.45) is 0 Å². The third kappa shape index (κ3) is 3.64. The van der Waals surface area contributed by atoms with Crippen LogP contribution in [0.1, 0.15) is 43.7 Å². The molecule has 1 aromatic heterocycles. The summed E-state index contributed by atoms with van der Waals surface area (Å²) in [6.45, 7) is 8.63. The molecule has 3 heteroatoms. The molecule has 0 spiro atoms. The molecule has 0 aliphatic heterocycles. The fraction of sp³-hybridized carbons (Fsp3) is 0.438. The molecule has 0 aliphatic rings. The van der Waals surface area contributed by atoms with Crippen LogP contribution in [0.25, 0.3) is 10.6 Å². The quantitative estimate of drug-likeness (QED) is 0.788. The maximum absolute atomic E-state index is 4.84. The van der Waals surface area contributed by atoms with Gasteiger partial charge in [-0.25, -0.2) is 4.98 Å². The van der Waals surface area contributed by atoms with Gasteiger partial charge in [0.25, 0.3) is 0 Å². The maximum atomic E-state index is 4.84. The van der Waals surface area contributed by atoms with Crippen molar-refractivity contribution < 1.29 is 0 Å². The fourth-order valence-electron chi connectivity index (χ4n) is 2.02. The van der Waals surface area contributed by atoms with Gasteiger partial charge in [0.15, 0.2) is 0 Å². The average Bonchev–Trinajstić information content (AvgIpc) is 2.84. The summed E-state index contributed by atoms with van der Waals surface area (Å²) < 4.78 is 0. The predicted molar refractivity (Wildman–Crippen MR) is 83.6 cm³/mol. The highest BCUT2D eigenvalue weighted by Gasteiger charge is 2.14. The Bertz CT molecular complexity index is 503. The summed E-state index contributed by atoms with van der Waals surface area (Å²) in [5.41, 5.74) is 2.46. The molecule has 0 aliphatic carbocycles. The van der Waals surface area contributed by atoms with Gasteiger partial charge < -0.3 is 5.32 Å². The van der Waals surface area contributed by atoms with Crippen molar-refractivity contribution in [1.82, 2.24) is 10.3 Å². The minimum Gasteiger partial charge on any atom is -0.312 e. The lowest BCUT2D eigenvalue weighted by Crippen LogP contribution is -2.14. The summed E-state index contributed by atoms with van der Waals surface area (Å²) in [6, 6.07) is 10.4. The van der Waals surface area contributed by atoms with Gasteiger partial charge >= 0.3 is 0 Å². The Hall–Kier alpha value is -1.19. The van der Waals surface area contributed by atoms with E-state index < -0.39 is 0 Å². The molecule has 0 amide bonds. The fourth-order valence-corrected chi connectivity index (χ4v) is 3.22. The lowest BCUT2D eigenvalue weighted by Gasteiger charge is -2.05. The van der Waals surface area contributed by atoms with Crippen molar-refractivity contribution in [2.75, 3.05) is 6.54 Å². The molecular weight excluding hydrogens is 252 g/mol. The van der Waals surface area contributed by atoms with E-state index in [9.17, 15) is 0 Å². The first-order valence-corrected chi connectivity index (χ1v) is 7.79. The Morgan fingerprint density at radius 1 is 1.21 bits per heavy atom. The minimum absolute atomic E-state index is 0.479. The zero-order valence-corrected chi connectivity index (χ0v) is 12.8. The van der Waals surface area contributed by atoms with E-state index in [1.165, 1.54) is 22.6 Å². The average molecular weight is 274 g/mol. The third-order valence-electron chi connectivity index (χ3n) is 3.01. The first kappa shape index (κ1) is 14.2. The third-order valence-corrected chi connectivity index (χ3v) is 4.13. The lowest BCUT2D eigenvalue weighted by molar-refractivity contribution is 0.670. The van der Waals surface area contributed by atoms with E-state index in [1.54, 1.807) is 0 Å². The van der Waals surface area contributed by atoms with Crippen molar-refractivity contribution in [1.29, 1.82) is 0 Å². The van der Waals surface area contributed by atoms with Crippen molar-refractivity contribution in [2.45, 2.75) is 39.7 Å². The van der Waals surface area contributed by atoms with E-state index in [2.05, 4.69) is 50.4 Å². The van der Waals surface area contributed by atoms with E-state index >= 15 is 0 Å². The van der Waals surface area contributed by atoms with Crippen LogP contribution in [0.4, 0.5) is 0 Å². The van der Waals surface area contributed by atoms with E-state index in [0.717, 1.165) is 18.1 Å². The molecule has 0 unspecified atom stereocenters. The van der Waals surface area contributed by atoms with Gasteiger partial charge in [0.2, 0.25) is 0 Å². The van der Waals surface area contributed by atoms with E-state index in [1.807, 2.05) is 17.4 Å². The molecule has 1 N–H and O–H groups in total. The highest BCUT2D eigenvalue weighted by Crippen LogP contribution is 2.31. The van der Waals surface area contributed by atoms with Crippen LogP contribution in [0.5, 0.6) is 0 Å². The monoisotopic (exact) mass is 274 g/mol. The number of nitrogens with one attached hydrogen (secondary N) is 1. The number of thiazole rings is 1. The zero-order chi connectivity index (χ0) is 13.7. The Labute approximate surface area is 119 Å². The molecule has 102 valence electrons. The first-order chi connectivity index (χ1) is 9.22. The molecule has 0 bridgehead atoms. The van der Waals surface area contributed by atoms with Gasteiger partial charge in [-0.05, 0) is 18.9 Å². The van der Waals surface area contributed by atoms with Crippen molar-refractivity contribution >= 4 is 11.3 Å². The summed E-state index contributed by atoms with van der Waals surface area (Å²) in [4.78, 5) is 6.21. The number of hydrogen-bond donors (Lipinski definition) is 1. The second-order valence-electron chi connectivity index (χ2n) is 5.02. The molecule has 0 saturated heterocycles. The van der Waals surface area contributed by atoms with Crippen molar-refractivity contribution in [3.05, 3.63) is 40.9 Å². The number of hydrogen-bond acceptors (Lipinski definition) is 3. The zero-order valence-electron chi connectivity index (χ0n) is 11.9. The van der Waals surface area contributed by atoms with Crippen molar-refractivity contribution in [3.8, 4) is 10.6 Å². The molecule has 0 fully saturated rings. The molecule has 2 rings (SSSR count). The number of aromatic nitrogens is 1. The Kier molecular flexibility index (Phi) is 5.11. The SMILES string of the molecule is CCCNCc1sc(-c2ccccc2)nc1C(C)C. The topological polar surface area (TPSA) is 24.9 Å². The molecule has 2 nitrogen and oxygen atoms in total. The number of nitrogens with zero attached hydrogens (tertiary/aromatic N) is 1. The molecule has 0 atom stereocenters. The smallest absolute Gasteiger partial charge is 0.123 e. The molecule has 1 aromatic carbocycles. The molecular formula is C16H22N2S. The second kappa shape index (κ2) is 6.83. The Morgan fingerprint density at radius 3 is 2.58 bits per heavy atom. The standard InChI is InChI=1S/C16H22N2S/c1-4-10-17-11-14-15(12(2)3)18-16(19-14)13-8-6-5-7-9-13/h5-9,12,17H,4,10-11H2,1-3H3. The van der Waals surface area contributed by atoms with Crippen LogP contribution in [0.2, 0.25) is 0 Å². The van der Waals surface area contributed by atoms with Crippen LogP contribution in [0.3, 0.4) is 0 Å². The number of benzene rings is 1. The molecule has 0 radical (unpaired) electrons. The summed E-state index contributed by atoms with van der Waals surface area (Å²) in [7, 11) is 0. The van der Waals surface area contributed by atoms with Crippen LogP contribution in [-0.4, -0.2) is 11.5 Å². The first-order valence-electron chi connectivity index (χ1n) is 6.98. The number of rotatable bonds is 6. The summed E-state index contributed by atoms with van der Waals surface area (Å²) in [5, 5.41) is 4.62. The second-order valence-corrected chi connectivity index (χ2v) is 6.11. The molecule has 0 saturated carbocycles. The Morgan fingerprint density at radius 2 is 1.95 bits per heavy atom. The molecule has 19 heavy (non-hydrogen) atoms. The van der Waals surface area contributed by atoms with E-state index in [0.29, 0.717) is 5.92 Å².